The minimum atomic E-state index is -0.0248. The van der Waals surface area contributed by atoms with E-state index in [2.05, 4.69) is 17.5 Å². The summed E-state index contributed by atoms with van der Waals surface area (Å²) in [4.78, 5) is 0. The van der Waals surface area contributed by atoms with Gasteiger partial charge in [0.25, 0.3) is 0 Å². The zero-order valence-corrected chi connectivity index (χ0v) is 8.98. The highest BCUT2D eigenvalue weighted by Gasteiger charge is 2.27. The van der Waals surface area contributed by atoms with Gasteiger partial charge in [-0.2, -0.15) is 10.5 Å². The van der Waals surface area contributed by atoms with Crippen LogP contribution in [0.1, 0.15) is 23.5 Å². The average Bonchev–Trinajstić information content (AvgIpc) is 2.38. The molecule has 1 fully saturated rings. The molecule has 0 spiro atoms. The van der Waals surface area contributed by atoms with Gasteiger partial charge in [0.1, 0.15) is 0 Å². The molecule has 1 saturated heterocycles. The Hall–Kier alpha value is -1.84. The van der Waals surface area contributed by atoms with Crippen molar-refractivity contribution in [1.29, 1.82) is 10.5 Å². The third-order valence-corrected chi connectivity index (χ3v) is 3.13. The average molecular weight is 211 g/mol. The summed E-state index contributed by atoms with van der Waals surface area (Å²) in [5.74, 6) is 0.172. The highest BCUT2D eigenvalue weighted by atomic mass is 14.9. The zero-order chi connectivity index (χ0) is 11.4. The van der Waals surface area contributed by atoms with Gasteiger partial charge in [-0.05, 0) is 24.6 Å². The van der Waals surface area contributed by atoms with Crippen LogP contribution >= 0.6 is 0 Å². The summed E-state index contributed by atoms with van der Waals surface area (Å²) in [6.07, 6.45) is 0.928. The molecule has 0 saturated carbocycles. The Morgan fingerprint density at radius 1 is 1.25 bits per heavy atom. The minimum absolute atomic E-state index is 0.0248. The minimum Gasteiger partial charge on any atom is -0.315 e. The van der Waals surface area contributed by atoms with Crippen LogP contribution in [0.25, 0.3) is 0 Å². The Morgan fingerprint density at radius 3 is 2.81 bits per heavy atom. The number of piperidine rings is 1. The summed E-state index contributed by atoms with van der Waals surface area (Å²) in [6, 6.07) is 12.1. The first-order valence-electron chi connectivity index (χ1n) is 5.46. The molecule has 0 aromatic heterocycles. The molecule has 1 aromatic rings. The Bertz CT molecular complexity index is 453. The van der Waals surface area contributed by atoms with Crippen molar-refractivity contribution >= 4 is 0 Å². The van der Waals surface area contributed by atoms with E-state index >= 15 is 0 Å². The maximum absolute atomic E-state index is 9.11. The Balaban J connectivity index is 2.36. The predicted octanol–water partition coefficient (Wildman–Crippen LogP) is 1.77. The molecular weight excluding hydrogens is 198 g/mol. The first-order valence-corrected chi connectivity index (χ1v) is 5.46. The zero-order valence-electron chi connectivity index (χ0n) is 8.98. The molecule has 0 amide bonds. The van der Waals surface area contributed by atoms with Crippen molar-refractivity contribution in [3.8, 4) is 12.1 Å². The van der Waals surface area contributed by atoms with Crippen LogP contribution in [0.4, 0.5) is 0 Å². The van der Waals surface area contributed by atoms with Gasteiger partial charge in [-0.15, -0.1) is 0 Å². The molecule has 3 heteroatoms. The number of benzene rings is 1. The molecule has 1 heterocycles. The van der Waals surface area contributed by atoms with E-state index in [9.17, 15) is 0 Å². The smallest absolute Gasteiger partial charge is 0.0994 e. The van der Waals surface area contributed by atoms with Gasteiger partial charge in [0.2, 0.25) is 0 Å². The van der Waals surface area contributed by atoms with Crippen molar-refractivity contribution < 1.29 is 0 Å². The Labute approximate surface area is 95.3 Å². The Morgan fingerprint density at radius 2 is 2.06 bits per heavy atom. The van der Waals surface area contributed by atoms with Gasteiger partial charge < -0.3 is 5.32 Å². The number of rotatable bonds is 1. The molecular formula is C13H13N3. The third-order valence-electron chi connectivity index (χ3n) is 3.13. The van der Waals surface area contributed by atoms with E-state index in [-0.39, 0.29) is 11.8 Å². The van der Waals surface area contributed by atoms with E-state index in [1.165, 1.54) is 0 Å². The molecule has 1 aromatic carbocycles. The molecule has 1 N–H and O–H groups in total. The molecule has 80 valence electrons. The molecule has 2 atom stereocenters. The first-order chi connectivity index (χ1) is 7.86. The van der Waals surface area contributed by atoms with Crippen molar-refractivity contribution in [2.45, 2.75) is 12.3 Å². The van der Waals surface area contributed by atoms with Crippen LogP contribution < -0.4 is 5.32 Å². The normalized spacial score (nSPS) is 24.4. The quantitative estimate of drug-likeness (QED) is 0.770. The van der Waals surface area contributed by atoms with Crippen molar-refractivity contribution in [3.05, 3.63) is 35.4 Å². The van der Waals surface area contributed by atoms with E-state index in [1.54, 1.807) is 0 Å². The summed E-state index contributed by atoms with van der Waals surface area (Å²) >= 11 is 0. The third kappa shape index (κ3) is 1.91. The van der Waals surface area contributed by atoms with Crippen LogP contribution in [0.15, 0.2) is 24.3 Å². The Kier molecular flexibility index (Phi) is 3.19. The van der Waals surface area contributed by atoms with E-state index in [1.807, 2.05) is 24.3 Å². The van der Waals surface area contributed by atoms with Crippen LogP contribution in [-0.2, 0) is 0 Å². The van der Waals surface area contributed by atoms with Gasteiger partial charge in [-0.3, -0.25) is 0 Å². The van der Waals surface area contributed by atoms with E-state index < -0.39 is 0 Å². The van der Waals surface area contributed by atoms with Crippen molar-refractivity contribution in [2.75, 3.05) is 13.1 Å². The second-order valence-electron chi connectivity index (χ2n) is 4.03. The monoisotopic (exact) mass is 211 g/mol. The highest BCUT2D eigenvalue weighted by molar-refractivity contribution is 5.40. The SMILES string of the molecule is N#Cc1ccccc1C1CCNCC1C#N. The van der Waals surface area contributed by atoms with Gasteiger partial charge in [-0.25, -0.2) is 0 Å². The van der Waals surface area contributed by atoms with Crippen molar-refractivity contribution in [1.82, 2.24) is 5.32 Å². The summed E-state index contributed by atoms with van der Waals surface area (Å²) in [5, 5.41) is 21.4. The number of nitriles is 2. The fourth-order valence-corrected chi connectivity index (χ4v) is 2.29. The van der Waals surface area contributed by atoms with Crippen LogP contribution in [0.5, 0.6) is 0 Å². The van der Waals surface area contributed by atoms with Crippen LogP contribution in [0.3, 0.4) is 0 Å². The van der Waals surface area contributed by atoms with Crippen molar-refractivity contribution in [2.24, 2.45) is 5.92 Å². The second kappa shape index (κ2) is 4.79. The lowest BCUT2D eigenvalue weighted by Crippen LogP contribution is -2.34. The lowest BCUT2D eigenvalue weighted by atomic mass is 9.80. The lowest BCUT2D eigenvalue weighted by molar-refractivity contribution is 0.387. The summed E-state index contributed by atoms with van der Waals surface area (Å²) < 4.78 is 0. The number of nitrogens with one attached hydrogen (secondary N) is 1. The topological polar surface area (TPSA) is 59.6 Å². The van der Waals surface area contributed by atoms with Crippen LogP contribution in [0.2, 0.25) is 0 Å². The van der Waals surface area contributed by atoms with Gasteiger partial charge in [0.15, 0.2) is 0 Å². The van der Waals surface area contributed by atoms with Crippen LogP contribution in [0, 0.1) is 28.6 Å². The molecule has 16 heavy (non-hydrogen) atoms. The molecule has 1 aliphatic rings. The molecule has 2 unspecified atom stereocenters. The molecule has 3 nitrogen and oxygen atoms in total. The summed E-state index contributed by atoms with van der Waals surface area (Å²) in [6.45, 7) is 1.64. The number of nitrogens with zero attached hydrogens (tertiary/aromatic N) is 2. The van der Waals surface area contributed by atoms with Gasteiger partial charge in [0, 0.05) is 12.5 Å². The summed E-state index contributed by atoms with van der Waals surface area (Å²) in [7, 11) is 0. The maximum Gasteiger partial charge on any atom is 0.0994 e. The van der Waals surface area contributed by atoms with Gasteiger partial charge in [-0.1, -0.05) is 18.2 Å². The highest BCUT2D eigenvalue weighted by Crippen LogP contribution is 2.31. The van der Waals surface area contributed by atoms with E-state index in [0.29, 0.717) is 5.56 Å². The fraction of sp³-hybridized carbons (Fsp3) is 0.385. The van der Waals surface area contributed by atoms with E-state index in [0.717, 1.165) is 25.1 Å². The molecule has 1 aliphatic heterocycles. The van der Waals surface area contributed by atoms with Gasteiger partial charge >= 0.3 is 0 Å². The predicted molar refractivity (Wildman–Crippen MR) is 60.5 cm³/mol. The van der Waals surface area contributed by atoms with Gasteiger partial charge in [0.05, 0.1) is 23.6 Å². The standard InChI is InChI=1S/C13H13N3/c14-7-10-3-1-2-4-12(10)13-5-6-16-9-11(13)8-15/h1-4,11,13,16H,5-6,9H2. The maximum atomic E-state index is 9.11. The van der Waals surface area contributed by atoms with E-state index in [4.69, 9.17) is 10.5 Å². The number of hydrogen-bond acceptors (Lipinski definition) is 3. The summed E-state index contributed by atoms with van der Waals surface area (Å²) in [5.41, 5.74) is 1.73. The number of hydrogen-bond donors (Lipinski definition) is 1. The van der Waals surface area contributed by atoms with Crippen LogP contribution in [-0.4, -0.2) is 13.1 Å². The molecule has 2 rings (SSSR count). The molecule has 0 bridgehead atoms. The van der Waals surface area contributed by atoms with Crippen molar-refractivity contribution in [3.63, 3.8) is 0 Å². The second-order valence-corrected chi connectivity index (χ2v) is 4.03. The first kappa shape index (κ1) is 10.7. The molecule has 0 aliphatic carbocycles. The molecule has 0 radical (unpaired) electrons. The lowest BCUT2D eigenvalue weighted by Gasteiger charge is -2.28. The largest absolute Gasteiger partial charge is 0.315 e. The fourth-order valence-electron chi connectivity index (χ4n) is 2.29.